The Labute approximate surface area is 130 Å². The van der Waals surface area contributed by atoms with E-state index < -0.39 is 12.1 Å². The van der Waals surface area contributed by atoms with Crippen LogP contribution in [0.2, 0.25) is 0 Å². The van der Waals surface area contributed by atoms with Crippen molar-refractivity contribution in [2.45, 2.75) is 39.0 Å². The number of anilines is 1. The fourth-order valence-corrected chi connectivity index (χ4v) is 1.89. The van der Waals surface area contributed by atoms with E-state index in [0.29, 0.717) is 12.3 Å². The molecule has 6 nitrogen and oxygen atoms in total. The van der Waals surface area contributed by atoms with Gasteiger partial charge in [0.15, 0.2) is 0 Å². The molecule has 0 atom stereocenters. The lowest BCUT2D eigenvalue weighted by molar-refractivity contribution is 0.0594. The van der Waals surface area contributed by atoms with Gasteiger partial charge in [0.25, 0.3) is 0 Å². The quantitative estimate of drug-likeness (QED) is 0.342. The number of ether oxygens (including phenoxy) is 3. The number of unbranched alkanes of at least 4 members (excludes halogenated alkanes) is 4. The maximum atomic E-state index is 11.6. The van der Waals surface area contributed by atoms with E-state index >= 15 is 0 Å². The standard InChI is InChI=1S/C16H23NO5/c1-3-4-5-6-7-10-21-16(19)22-14-9-8-12(17)11-13(14)15(18)20-2/h8-9,11H,3-7,10,17H2,1-2H3. The van der Waals surface area contributed by atoms with Gasteiger partial charge in [-0.3, -0.25) is 0 Å². The molecule has 0 spiro atoms. The number of benzene rings is 1. The number of methoxy groups -OCH3 is 1. The first-order valence-corrected chi connectivity index (χ1v) is 7.41. The molecule has 0 radical (unpaired) electrons. The van der Waals surface area contributed by atoms with E-state index in [1.165, 1.54) is 31.7 Å². The highest BCUT2D eigenvalue weighted by Crippen LogP contribution is 2.22. The van der Waals surface area contributed by atoms with Crippen LogP contribution in [0.5, 0.6) is 5.75 Å². The van der Waals surface area contributed by atoms with Gasteiger partial charge >= 0.3 is 12.1 Å². The monoisotopic (exact) mass is 309 g/mol. The maximum absolute atomic E-state index is 11.6. The number of hydrogen-bond donors (Lipinski definition) is 1. The highest BCUT2D eigenvalue weighted by molar-refractivity contribution is 5.94. The van der Waals surface area contributed by atoms with Crippen LogP contribution >= 0.6 is 0 Å². The third kappa shape index (κ3) is 6.03. The Morgan fingerprint density at radius 2 is 1.86 bits per heavy atom. The molecule has 0 saturated carbocycles. The van der Waals surface area contributed by atoms with Crippen LogP contribution in [-0.4, -0.2) is 25.8 Å². The molecule has 0 unspecified atom stereocenters. The van der Waals surface area contributed by atoms with Crippen molar-refractivity contribution in [2.75, 3.05) is 19.5 Å². The summed E-state index contributed by atoms with van der Waals surface area (Å²) in [4.78, 5) is 23.2. The summed E-state index contributed by atoms with van der Waals surface area (Å²) in [6.07, 6.45) is 4.43. The van der Waals surface area contributed by atoms with Gasteiger partial charge in [-0.25, -0.2) is 9.59 Å². The minimum Gasteiger partial charge on any atom is -0.465 e. The molecule has 0 saturated heterocycles. The van der Waals surface area contributed by atoms with Crippen molar-refractivity contribution in [3.05, 3.63) is 23.8 Å². The van der Waals surface area contributed by atoms with Crippen LogP contribution in [0.1, 0.15) is 49.4 Å². The number of hydrogen-bond acceptors (Lipinski definition) is 6. The Balaban J connectivity index is 2.49. The third-order valence-corrected chi connectivity index (χ3v) is 3.07. The summed E-state index contributed by atoms with van der Waals surface area (Å²) in [5, 5.41) is 0. The van der Waals surface area contributed by atoms with Gasteiger partial charge < -0.3 is 19.9 Å². The summed E-state index contributed by atoms with van der Waals surface area (Å²) in [5.41, 5.74) is 6.07. The molecule has 0 aliphatic rings. The van der Waals surface area contributed by atoms with Gasteiger partial charge in [-0.15, -0.1) is 0 Å². The van der Waals surface area contributed by atoms with E-state index in [0.717, 1.165) is 25.7 Å². The first kappa shape index (κ1) is 17.8. The van der Waals surface area contributed by atoms with Crippen molar-refractivity contribution in [1.82, 2.24) is 0 Å². The van der Waals surface area contributed by atoms with Gasteiger partial charge in [0, 0.05) is 5.69 Å². The molecule has 0 aliphatic heterocycles. The Morgan fingerprint density at radius 3 is 2.55 bits per heavy atom. The molecule has 1 aromatic carbocycles. The van der Waals surface area contributed by atoms with Crippen molar-refractivity contribution in [2.24, 2.45) is 0 Å². The number of rotatable bonds is 8. The van der Waals surface area contributed by atoms with Crippen molar-refractivity contribution < 1.29 is 23.8 Å². The highest BCUT2D eigenvalue weighted by Gasteiger charge is 2.17. The molecular weight excluding hydrogens is 286 g/mol. The Bertz CT molecular complexity index is 501. The largest absolute Gasteiger partial charge is 0.513 e. The first-order chi connectivity index (χ1) is 10.6. The van der Waals surface area contributed by atoms with E-state index in [1.54, 1.807) is 0 Å². The van der Waals surface area contributed by atoms with Gasteiger partial charge in [-0.2, -0.15) is 0 Å². The van der Waals surface area contributed by atoms with Crippen molar-refractivity contribution in [3.8, 4) is 5.75 Å². The van der Waals surface area contributed by atoms with Gasteiger partial charge in [0.1, 0.15) is 11.3 Å². The van der Waals surface area contributed by atoms with Crippen LogP contribution in [0.15, 0.2) is 18.2 Å². The molecule has 2 N–H and O–H groups in total. The molecule has 0 fully saturated rings. The van der Waals surface area contributed by atoms with E-state index in [4.69, 9.17) is 15.2 Å². The third-order valence-electron chi connectivity index (χ3n) is 3.07. The number of carbonyl (C=O) groups excluding carboxylic acids is 2. The lowest BCUT2D eigenvalue weighted by Crippen LogP contribution is -2.14. The van der Waals surface area contributed by atoms with Crippen LogP contribution < -0.4 is 10.5 Å². The lowest BCUT2D eigenvalue weighted by Gasteiger charge is -2.09. The zero-order chi connectivity index (χ0) is 16.4. The Hall–Kier alpha value is -2.24. The minimum atomic E-state index is -0.842. The number of nitrogens with two attached hydrogens (primary N) is 1. The zero-order valence-electron chi connectivity index (χ0n) is 13.1. The predicted octanol–water partition coefficient (Wildman–Crippen LogP) is 3.54. The van der Waals surface area contributed by atoms with E-state index in [2.05, 4.69) is 11.7 Å². The van der Waals surface area contributed by atoms with Crippen molar-refractivity contribution in [3.63, 3.8) is 0 Å². The normalized spacial score (nSPS) is 10.1. The van der Waals surface area contributed by atoms with Crippen LogP contribution in [0, 0.1) is 0 Å². The summed E-state index contributed by atoms with van der Waals surface area (Å²) in [6, 6.07) is 4.35. The van der Waals surface area contributed by atoms with Crippen molar-refractivity contribution in [1.29, 1.82) is 0 Å². The summed E-state index contributed by atoms with van der Waals surface area (Å²) in [7, 11) is 1.24. The average molecular weight is 309 g/mol. The van der Waals surface area contributed by atoms with Crippen LogP contribution in [0.25, 0.3) is 0 Å². The molecule has 1 rings (SSSR count). The Kier molecular flexibility index (Phi) is 7.81. The maximum Gasteiger partial charge on any atom is 0.513 e. The van der Waals surface area contributed by atoms with Gasteiger partial charge in [0.2, 0.25) is 0 Å². The van der Waals surface area contributed by atoms with E-state index in [-0.39, 0.29) is 11.3 Å². The molecule has 0 amide bonds. The second kappa shape index (κ2) is 9.65. The van der Waals surface area contributed by atoms with E-state index in [1.807, 2.05) is 0 Å². The molecule has 22 heavy (non-hydrogen) atoms. The number of carbonyl (C=O) groups is 2. The summed E-state index contributed by atoms with van der Waals surface area (Å²) in [6.45, 7) is 2.43. The topological polar surface area (TPSA) is 87.9 Å². The number of esters is 1. The van der Waals surface area contributed by atoms with E-state index in [9.17, 15) is 9.59 Å². The lowest BCUT2D eigenvalue weighted by atomic mass is 10.2. The first-order valence-electron chi connectivity index (χ1n) is 7.41. The molecular formula is C16H23NO5. The summed E-state index contributed by atoms with van der Waals surface area (Å²) < 4.78 is 14.6. The van der Waals surface area contributed by atoms with Gasteiger partial charge in [-0.05, 0) is 24.6 Å². The fraction of sp³-hybridized carbons (Fsp3) is 0.500. The average Bonchev–Trinajstić information content (AvgIpc) is 2.51. The summed E-state index contributed by atoms with van der Waals surface area (Å²) in [5.74, 6) is -0.563. The molecule has 122 valence electrons. The van der Waals surface area contributed by atoms with Crippen molar-refractivity contribution >= 4 is 17.8 Å². The molecule has 0 aromatic heterocycles. The van der Waals surface area contributed by atoms with Crippen LogP contribution in [-0.2, 0) is 9.47 Å². The zero-order valence-corrected chi connectivity index (χ0v) is 13.1. The second-order valence-electron chi connectivity index (χ2n) is 4.86. The predicted molar refractivity (Wildman–Crippen MR) is 82.9 cm³/mol. The molecule has 0 bridgehead atoms. The SMILES string of the molecule is CCCCCCCOC(=O)Oc1ccc(N)cc1C(=O)OC. The highest BCUT2D eigenvalue weighted by atomic mass is 16.7. The Morgan fingerprint density at radius 1 is 1.14 bits per heavy atom. The second-order valence-corrected chi connectivity index (χ2v) is 4.86. The smallest absolute Gasteiger partial charge is 0.465 e. The minimum absolute atomic E-state index is 0.0667. The van der Waals surface area contributed by atoms with Gasteiger partial charge in [0.05, 0.1) is 13.7 Å². The fourth-order valence-electron chi connectivity index (χ4n) is 1.89. The molecule has 6 heteroatoms. The molecule has 0 heterocycles. The van der Waals surface area contributed by atoms with Gasteiger partial charge in [-0.1, -0.05) is 32.6 Å². The number of nitrogen functional groups attached to an aromatic ring is 1. The van der Waals surface area contributed by atoms with Crippen LogP contribution in [0.4, 0.5) is 10.5 Å². The van der Waals surface area contributed by atoms with Crippen LogP contribution in [0.3, 0.4) is 0 Å². The summed E-state index contributed by atoms with van der Waals surface area (Å²) >= 11 is 0. The molecule has 0 aliphatic carbocycles. The molecule has 1 aromatic rings.